The number of rotatable bonds is 2. The number of benzene rings is 1. The first-order valence-electron chi connectivity index (χ1n) is 5.18. The number of phenolic OH excluding ortho intramolecular Hbond substituents is 1. The van der Waals surface area contributed by atoms with Crippen LogP contribution in [-0.4, -0.2) is 11.2 Å². The molecule has 0 amide bonds. The standard InChI is InChI=1S/C12H12ClNO2/c1-8-3-4-9(10(13)11(8)16)12(14-7-15)5-2-6-12/h3-4,16H,2,5-6H2,1H3. The van der Waals surface area contributed by atoms with E-state index in [0.29, 0.717) is 5.02 Å². The van der Waals surface area contributed by atoms with Crippen molar-refractivity contribution in [1.29, 1.82) is 0 Å². The van der Waals surface area contributed by atoms with Crippen molar-refractivity contribution in [3.05, 3.63) is 28.3 Å². The molecule has 4 heteroatoms. The molecule has 1 N–H and O–H groups in total. The van der Waals surface area contributed by atoms with Gasteiger partial charge < -0.3 is 5.11 Å². The minimum absolute atomic E-state index is 0.0755. The van der Waals surface area contributed by atoms with Crippen LogP contribution in [0.15, 0.2) is 17.1 Å². The molecule has 1 aliphatic rings. The van der Waals surface area contributed by atoms with Gasteiger partial charge in [0.1, 0.15) is 5.75 Å². The van der Waals surface area contributed by atoms with Gasteiger partial charge in [-0.05, 0) is 31.7 Å². The van der Waals surface area contributed by atoms with E-state index >= 15 is 0 Å². The zero-order valence-electron chi connectivity index (χ0n) is 8.96. The quantitative estimate of drug-likeness (QED) is 0.635. The van der Waals surface area contributed by atoms with Crippen LogP contribution in [0.5, 0.6) is 5.75 Å². The minimum atomic E-state index is -0.552. The first-order chi connectivity index (χ1) is 7.60. The van der Waals surface area contributed by atoms with Gasteiger partial charge in [-0.15, -0.1) is 0 Å². The molecule has 0 spiro atoms. The van der Waals surface area contributed by atoms with Crippen molar-refractivity contribution in [2.75, 3.05) is 0 Å². The van der Waals surface area contributed by atoms with E-state index in [4.69, 9.17) is 11.6 Å². The molecule has 0 aromatic heterocycles. The van der Waals surface area contributed by atoms with Crippen LogP contribution in [0.2, 0.25) is 5.02 Å². The summed E-state index contributed by atoms with van der Waals surface area (Å²) in [4.78, 5) is 14.3. The van der Waals surface area contributed by atoms with E-state index in [2.05, 4.69) is 4.99 Å². The van der Waals surface area contributed by atoms with Crippen LogP contribution < -0.4 is 0 Å². The molecule has 1 aromatic rings. The van der Waals surface area contributed by atoms with Crippen LogP contribution >= 0.6 is 11.6 Å². The Bertz CT molecular complexity index is 474. The molecule has 2 rings (SSSR count). The molecule has 0 bridgehead atoms. The van der Waals surface area contributed by atoms with Crippen molar-refractivity contribution in [3.8, 4) is 5.75 Å². The molecule has 0 saturated heterocycles. The molecule has 0 atom stereocenters. The number of aromatic hydroxyl groups is 1. The number of aryl methyl sites for hydroxylation is 1. The summed E-state index contributed by atoms with van der Waals surface area (Å²) in [5.41, 5.74) is 0.898. The average Bonchev–Trinajstić information content (AvgIpc) is 2.21. The molecule has 1 aliphatic carbocycles. The van der Waals surface area contributed by atoms with E-state index in [9.17, 15) is 9.90 Å². The molecule has 0 heterocycles. The molecule has 3 nitrogen and oxygen atoms in total. The smallest absolute Gasteiger partial charge is 0.235 e. The Balaban J connectivity index is 2.55. The minimum Gasteiger partial charge on any atom is -0.506 e. The number of hydrogen-bond acceptors (Lipinski definition) is 3. The van der Waals surface area contributed by atoms with E-state index in [-0.39, 0.29) is 5.75 Å². The zero-order chi connectivity index (χ0) is 11.8. The van der Waals surface area contributed by atoms with Gasteiger partial charge in [0.25, 0.3) is 0 Å². The number of phenols is 1. The van der Waals surface area contributed by atoms with Gasteiger partial charge in [-0.2, -0.15) is 4.99 Å². The molecule has 84 valence electrons. The largest absolute Gasteiger partial charge is 0.506 e. The Morgan fingerprint density at radius 1 is 1.50 bits per heavy atom. The summed E-state index contributed by atoms with van der Waals surface area (Å²) in [6, 6.07) is 3.62. The number of halogens is 1. The maximum Gasteiger partial charge on any atom is 0.235 e. The summed E-state index contributed by atoms with van der Waals surface area (Å²) in [5, 5.41) is 10.1. The van der Waals surface area contributed by atoms with Crippen LogP contribution in [0.4, 0.5) is 0 Å². The Morgan fingerprint density at radius 2 is 2.19 bits per heavy atom. The topological polar surface area (TPSA) is 49.7 Å². The van der Waals surface area contributed by atoms with Crippen molar-refractivity contribution < 1.29 is 9.90 Å². The lowest BCUT2D eigenvalue weighted by Gasteiger charge is -2.37. The van der Waals surface area contributed by atoms with Crippen LogP contribution in [0.1, 0.15) is 30.4 Å². The average molecular weight is 238 g/mol. The summed E-state index contributed by atoms with van der Waals surface area (Å²) in [7, 11) is 0. The number of carbonyl (C=O) groups excluding carboxylic acids is 1. The maximum atomic E-state index is 10.5. The maximum absolute atomic E-state index is 10.5. The first-order valence-corrected chi connectivity index (χ1v) is 5.56. The highest BCUT2D eigenvalue weighted by Crippen LogP contribution is 2.49. The number of nitrogens with zero attached hydrogens (tertiary/aromatic N) is 1. The molecular formula is C12H12ClNO2. The normalized spacial score (nSPS) is 17.4. The van der Waals surface area contributed by atoms with Crippen LogP contribution in [-0.2, 0) is 10.3 Å². The van der Waals surface area contributed by atoms with Gasteiger partial charge in [-0.1, -0.05) is 23.7 Å². The zero-order valence-corrected chi connectivity index (χ0v) is 9.71. The summed E-state index contributed by atoms with van der Waals surface area (Å²) in [6.07, 6.45) is 4.18. The number of aliphatic imine (C=N–C) groups is 1. The summed E-state index contributed by atoms with van der Waals surface area (Å²) >= 11 is 6.09. The number of hydrogen-bond donors (Lipinski definition) is 1. The van der Waals surface area contributed by atoms with Crippen molar-refractivity contribution >= 4 is 17.7 Å². The highest BCUT2D eigenvalue weighted by molar-refractivity contribution is 6.33. The van der Waals surface area contributed by atoms with Crippen LogP contribution in [0, 0.1) is 6.92 Å². The fourth-order valence-corrected chi connectivity index (χ4v) is 2.45. The van der Waals surface area contributed by atoms with Crippen molar-refractivity contribution in [1.82, 2.24) is 0 Å². The highest BCUT2D eigenvalue weighted by Gasteiger charge is 2.41. The molecule has 0 aliphatic heterocycles. The fraction of sp³-hybridized carbons (Fsp3) is 0.417. The third-order valence-electron chi connectivity index (χ3n) is 3.26. The Morgan fingerprint density at radius 3 is 2.69 bits per heavy atom. The second-order valence-corrected chi connectivity index (χ2v) is 4.56. The Labute approximate surface area is 98.8 Å². The van der Waals surface area contributed by atoms with Crippen molar-refractivity contribution in [2.45, 2.75) is 31.7 Å². The molecular weight excluding hydrogens is 226 g/mol. The Hall–Kier alpha value is -1.31. The van der Waals surface area contributed by atoms with Gasteiger partial charge in [0.2, 0.25) is 6.08 Å². The van der Waals surface area contributed by atoms with Gasteiger partial charge in [0.15, 0.2) is 0 Å². The second kappa shape index (κ2) is 3.93. The van der Waals surface area contributed by atoms with Gasteiger partial charge in [0.05, 0.1) is 10.6 Å². The number of isocyanates is 1. The van der Waals surface area contributed by atoms with Crippen molar-refractivity contribution in [2.24, 2.45) is 4.99 Å². The van der Waals surface area contributed by atoms with Crippen molar-refractivity contribution in [3.63, 3.8) is 0 Å². The third kappa shape index (κ3) is 1.53. The lowest BCUT2D eigenvalue weighted by atomic mass is 9.72. The van der Waals surface area contributed by atoms with Crippen LogP contribution in [0.3, 0.4) is 0 Å². The molecule has 1 saturated carbocycles. The van der Waals surface area contributed by atoms with E-state index < -0.39 is 5.54 Å². The van der Waals surface area contributed by atoms with Gasteiger partial charge in [-0.3, -0.25) is 0 Å². The lowest BCUT2D eigenvalue weighted by molar-refractivity contribution is 0.255. The highest BCUT2D eigenvalue weighted by atomic mass is 35.5. The first kappa shape index (κ1) is 11.2. The lowest BCUT2D eigenvalue weighted by Crippen LogP contribution is -2.32. The summed E-state index contributed by atoms with van der Waals surface area (Å²) in [5.74, 6) is 0.0755. The summed E-state index contributed by atoms with van der Waals surface area (Å²) < 4.78 is 0. The van der Waals surface area contributed by atoms with E-state index in [1.54, 1.807) is 19.1 Å². The van der Waals surface area contributed by atoms with E-state index in [1.807, 2.05) is 6.07 Å². The van der Waals surface area contributed by atoms with Crippen LogP contribution in [0.25, 0.3) is 0 Å². The molecule has 0 unspecified atom stereocenters. The second-order valence-electron chi connectivity index (χ2n) is 4.18. The molecule has 1 fully saturated rings. The molecule has 16 heavy (non-hydrogen) atoms. The SMILES string of the molecule is Cc1ccc(C2(N=C=O)CCC2)c(Cl)c1O. The molecule has 1 aromatic carbocycles. The van der Waals surface area contributed by atoms with Gasteiger partial charge >= 0.3 is 0 Å². The summed E-state index contributed by atoms with van der Waals surface area (Å²) in [6.45, 7) is 1.78. The van der Waals surface area contributed by atoms with Gasteiger partial charge in [0, 0.05) is 5.56 Å². The third-order valence-corrected chi connectivity index (χ3v) is 3.64. The fourth-order valence-electron chi connectivity index (χ4n) is 2.06. The van der Waals surface area contributed by atoms with Gasteiger partial charge in [-0.25, -0.2) is 4.79 Å². The Kier molecular flexibility index (Phi) is 2.75. The molecule has 0 radical (unpaired) electrons. The predicted molar refractivity (Wildman–Crippen MR) is 61.5 cm³/mol. The predicted octanol–water partition coefficient (Wildman–Crippen LogP) is 3.07. The monoisotopic (exact) mass is 237 g/mol. The van der Waals surface area contributed by atoms with E-state index in [1.165, 1.54) is 0 Å². The van der Waals surface area contributed by atoms with E-state index in [0.717, 1.165) is 30.4 Å².